The van der Waals surface area contributed by atoms with E-state index in [1.807, 2.05) is 19.9 Å². The number of benzene rings is 1. The van der Waals surface area contributed by atoms with Gasteiger partial charge in [0.2, 0.25) is 0 Å². The predicted octanol–water partition coefficient (Wildman–Crippen LogP) is 2.71. The van der Waals surface area contributed by atoms with Crippen LogP contribution >= 0.6 is 22.9 Å². The van der Waals surface area contributed by atoms with Crippen molar-refractivity contribution in [3.63, 3.8) is 0 Å². The fourth-order valence-electron chi connectivity index (χ4n) is 5.22. The zero-order valence-electron chi connectivity index (χ0n) is 20.9. The molecule has 198 valence electrons. The molecule has 1 aromatic carbocycles. The Morgan fingerprint density at radius 3 is 2.62 bits per heavy atom. The molecule has 5 N–H and O–H groups in total. The van der Waals surface area contributed by atoms with Gasteiger partial charge in [-0.1, -0.05) is 11.6 Å². The smallest absolute Gasteiger partial charge is 0.280 e. The number of carbonyl (C=O) groups excluding carboxylic acids is 2. The second kappa shape index (κ2) is 10.3. The van der Waals surface area contributed by atoms with Gasteiger partial charge in [-0.2, -0.15) is 0 Å². The quantitative estimate of drug-likeness (QED) is 0.310. The van der Waals surface area contributed by atoms with Crippen molar-refractivity contribution in [1.29, 1.82) is 0 Å². The summed E-state index contributed by atoms with van der Waals surface area (Å²) < 4.78 is 0. The van der Waals surface area contributed by atoms with Crippen LogP contribution in [0.4, 0.5) is 0 Å². The number of rotatable bonds is 7. The van der Waals surface area contributed by atoms with Gasteiger partial charge in [-0.05, 0) is 56.9 Å². The molecule has 9 nitrogen and oxygen atoms in total. The van der Waals surface area contributed by atoms with Gasteiger partial charge in [-0.3, -0.25) is 14.5 Å². The Labute approximate surface area is 224 Å². The fraction of sp³-hybridized carbons (Fsp3) is 0.500. The fourth-order valence-corrected chi connectivity index (χ4v) is 6.43. The molecule has 0 spiro atoms. The third kappa shape index (κ3) is 5.39. The molecule has 2 amide bonds. The van der Waals surface area contributed by atoms with Crippen molar-refractivity contribution in [3.8, 4) is 0 Å². The molecule has 5 rings (SSSR count). The number of fused-ring (bicyclic) bond motifs is 2. The van der Waals surface area contributed by atoms with Crippen molar-refractivity contribution in [2.45, 2.75) is 57.3 Å². The standard InChI is InChI=1S/C26H32ClN5O4S/c1-26(2,13-34)32-6-5-18-22(11-32)37-25(31-18)24(36)30-20-8-14(12-33)7-19(20)29-23(35)21-10-15-9-16(27)3-4-17(15)28-21/h3-4,9-10,14,19-20,28,33-34H,5-8,11-13H2,1-2H3,(H,29,35)(H,30,36)/t14?,19-,20?/m1/s1. The number of H-pyrrole nitrogens is 1. The number of amides is 2. The minimum atomic E-state index is -0.337. The maximum Gasteiger partial charge on any atom is 0.280 e. The van der Waals surface area contributed by atoms with Gasteiger partial charge in [0, 0.05) is 64.5 Å². The van der Waals surface area contributed by atoms with E-state index in [4.69, 9.17) is 11.6 Å². The highest BCUT2D eigenvalue weighted by atomic mass is 35.5. The average Bonchev–Trinajstić information content (AvgIpc) is 3.59. The summed E-state index contributed by atoms with van der Waals surface area (Å²) in [6.45, 7) is 5.49. The van der Waals surface area contributed by atoms with Gasteiger partial charge in [-0.25, -0.2) is 4.98 Å². The number of thiazole rings is 1. The number of aromatic amines is 1. The Bertz CT molecular complexity index is 1320. The number of hydrogen-bond acceptors (Lipinski definition) is 7. The van der Waals surface area contributed by atoms with Crippen molar-refractivity contribution in [2.75, 3.05) is 19.8 Å². The van der Waals surface area contributed by atoms with E-state index in [2.05, 4.69) is 25.5 Å². The molecule has 37 heavy (non-hydrogen) atoms. The van der Waals surface area contributed by atoms with E-state index in [1.54, 1.807) is 18.2 Å². The van der Waals surface area contributed by atoms with E-state index in [1.165, 1.54) is 11.3 Å². The number of aliphatic hydroxyl groups excluding tert-OH is 2. The molecule has 1 aliphatic heterocycles. The summed E-state index contributed by atoms with van der Waals surface area (Å²) >= 11 is 7.45. The van der Waals surface area contributed by atoms with Gasteiger partial charge in [0.05, 0.1) is 12.3 Å². The highest BCUT2D eigenvalue weighted by molar-refractivity contribution is 7.13. The van der Waals surface area contributed by atoms with Gasteiger partial charge >= 0.3 is 0 Å². The van der Waals surface area contributed by atoms with Crippen molar-refractivity contribution in [2.24, 2.45) is 5.92 Å². The SMILES string of the molecule is CC(C)(CO)N1CCc2nc(C(=O)NC3CC(CO)C[C@H]3NC(=O)c3cc4cc(Cl)ccc4[nH]3)sc2C1. The number of carbonyl (C=O) groups is 2. The Morgan fingerprint density at radius 1 is 1.19 bits per heavy atom. The topological polar surface area (TPSA) is 131 Å². The number of aliphatic hydroxyl groups is 2. The molecule has 0 radical (unpaired) electrons. The van der Waals surface area contributed by atoms with Crippen LogP contribution in [0.15, 0.2) is 24.3 Å². The Kier molecular flexibility index (Phi) is 7.30. The van der Waals surface area contributed by atoms with Crippen LogP contribution in [0.25, 0.3) is 10.9 Å². The molecule has 11 heteroatoms. The van der Waals surface area contributed by atoms with Crippen LogP contribution < -0.4 is 10.6 Å². The van der Waals surface area contributed by atoms with E-state index in [0.717, 1.165) is 34.4 Å². The molecular weight excluding hydrogens is 514 g/mol. The van der Waals surface area contributed by atoms with E-state index < -0.39 is 0 Å². The zero-order chi connectivity index (χ0) is 26.3. The van der Waals surface area contributed by atoms with Crippen LogP contribution in [-0.4, -0.2) is 74.3 Å². The molecule has 3 atom stereocenters. The minimum Gasteiger partial charge on any atom is -0.396 e. The van der Waals surface area contributed by atoms with Crippen LogP contribution in [-0.2, 0) is 13.0 Å². The second-order valence-electron chi connectivity index (χ2n) is 10.6. The number of nitrogens with zero attached hydrogens (tertiary/aromatic N) is 2. The first-order valence-corrected chi connectivity index (χ1v) is 13.7. The van der Waals surface area contributed by atoms with Crippen LogP contribution in [0.3, 0.4) is 0 Å². The van der Waals surface area contributed by atoms with Crippen LogP contribution in [0.2, 0.25) is 5.02 Å². The molecule has 1 aliphatic carbocycles. The molecule has 3 heterocycles. The van der Waals surface area contributed by atoms with E-state index >= 15 is 0 Å². The molecule has 1 fully saturated rings. The zero-order valence-corrected chi connectivity index (χ0v) is 22.5. The van der Waals surface area contributed by atoms with Crippen molar-refractivity contribution in [3.05, 3.63) is 50.6 Å². The summed E-state index contributed by atoms with van der Waals surface area (Å²) in [5, 5.41) is 27.4. The molecule has 0 bridgehead atoms. The van der Waals surface area contributed by atoms with E-state index in [0.29, 0.717) is 35.1 Å². The van der Waals surface area contributed by atoms with Gasteiger partial charge in [0.25, 0.3) is 11.8 Å². The summed E-state index contributed by atoms with van der Waals surface area (Å²) in [5.41, 5.74) is 1.82. The molecular formula is C26H32ClN5O4S. The van der Waals surface area contributed by atoms with E-state index in [9.17, 15) is 19.8 Å². The first-order chi connectivity index (χ1) is 17.7. The van der Waals surface area contributed by atoms with E-state index in [-0.39, 0.29) is 48.6 Å². The molecule has 3 aromatic rings. The molecule has 2 aliphatic rings. The first kappa shape index (κ1) is 26.1. The highest BCUT2D eigenvalue weighted by Crippen LogP contribution is 2.31. The van der Waals surface area contributed by atoms with Crippen molar-refractivity contribution >= 4 is 45.7 Å². The van der Waals surface area contributed by atoms with Crippen molar-refractivity contribution < 1.29 is 19.8 Å². The lowest BCUT2D eigenvalue weighted by molar-refractivity contribution is 0.0471. The Balaban J connectivity index is 1.27. The predicted molar refractivity (Wildman–Crippen MR) is 143 cm³/mol. The molecule has 0 saturated heterocycles. The largest absolute Gasteiger partial charge is 0.396 e. The third-order valence-electron chi connectivity index (χ3n) is 7.55. The lowest BCUT2D eigenvalue weighted by Crippen LogP contribution is -2.48. The summed E-state index contributed by atoms with van der Waals surface area (Å²) in [6.07, 6.45) is 1.87. The van der Waals surface area contributed by atoms with Crippen LogP contribution in [0.1, 0.15) is 57.6 Å². The lowest BCUT2D eigenvalue weighted by atomic mass is 10.0. The number of nitrogens with one attached hydrogen (secondary N) is 3. The monoisotopic (exact) mass is 545 g/mol. The maximum atomic E-state index is 13.2. The number of hydrogen-bond donors (Lipinski definition) is 5. The van der Waals surface area contributed by atoms with Crippen LogP contribution in [0.5, 0.6) is 0 Å². The van der Waals surface area contributed by atoms with Gasteiger partial charge in [0.1, 0.15) is 5.69 Å². The summed E-state index contributed by atoms with van der Waals surface area (Å²) in [4.78, 5) is 37.2. The highest BCUT2D eigenvalue weighted by Gasteiger charge is 2.37. The van der Waals surface area contributed by atoms with Crippen LogP contribution in [0, 0.1) is 5.92 Å². The number of halogens is 1. The third-order valence-corrected chi connectivity index (χ3v) is 8.86. The van der Waals surface area contributed by atoms with Gasteiger partial charge in [-0.15, -0.1) is 11.3 Å². The van der Waals surface area contributed by atoms with Gasteiger partial charge < -0.3 is 25.8 Å². The lowest BCUT2D eigenvalue weighted by Gasteiger charge is -2.39. The molecule has 2 unspecified atom stereocenters. The summed E-state index contributed by atoms with van der Waals surface area (Å²) in [6, 6.07) is 6.49. The maximum absolute atomic E-state index is 13.2. The Hall–Kier alpha value is -2.50. The second-order valence-corrected chi connectivity index (χ2v) is 12.1. The minimum absolute atomic E-state index is 0.00828. The normalized spacial score (nSPS) is 22.2. The summed E-state index contributed by atoms with van der Waals surface area (Å²) in [5.74, 6) is -0.558. The first-order valence-electron chi connectivity index (χ1n) is 12.5. The van der Waals surface area contributed by atoms with Crippen molar-refractivity contribution in [1.82, 2.24) is 25.5 Å². The molecule has 1 saturated carbocycles. The number of aromatic nitrogens is 2. The molecule has 2 aromatic heterocycles. The van der Waals surface area contributed by atoms with Gasteiger partial charge in [0.15, 0.2) is 5.01 Å². The summed E-state index contributed by atoms with van der Waals surface area (Å²) in [7, 11) is 0. The average molecular weight is 546 g/mol. The Morgan fingerprint density at radius 2 is 1.92 bits per heavy atom.